The number of aromatic nitrogens is 3. The summed E-state index contributed by atoms with van der Waals surface area (Å²) in [5, 5.41) is 8.21. The van der Waals surface area contributed by atoms with Crippen LogP contribution in [0, 0.1) is 0 Å². The molecule has 2 aromatic heterocycles. The zero-order chi connectivity index (χ0) is 17.1. The second-order valence-electron chi connectivity index (χ2n) is 6.73. The van der Waals surface area contributed by atoms with Gasteiger partial charge in [0.25, 0.3) is 5.91 Å². The van der Waals surface area contributed by atoms with Crippen LogP contribution in [0.1, 0.15) is 55.7 Å². The fourth-order valence-corrected chi connectivity index (χ4v) is 2.39. The van der Waals surface area contributed by atoms with Gasteiger partial charge < -0.3 is 10.2 Å². The average Bonchev–Trinajstić information content (AvgIpc) is 2.89. The van der Waals surface area contributed by atoms with Crippen molar-refractivity contribution in [3.63, 3.8) is 0 Å². The van der Waals surface area contributed by atoms with Crippen molar-refractivity contribution < 1.29 is 4.79 Å². The summed E-state index contributed by atoms with van der Waals surface area (Å²) < 4.78 is 1.87. The van der Waals surface area contributed by atoms with Crippen molar-refractivity contribution in [3.05, 3.63) is 23.5 Å². The molecule has 0 aliphatic rings. The normalized spacial score (nSPS) is 11.9. The lowest BCUT2D eigenvalue weighted by molar-refractivity contribution is 0.0952. The minimum Gasteiger partial charge on any atom is -0.351 e. The van der Waals surface area contributed by atoms with Crippen molar-refractivity contribution in [1.29, 1.82) is 0 Å². The van der Waals surface area contributed by atoms with E-state index in [0.29, 0.717) is 12.1 Å². The minimum atomic E-state index is -0.0653. The zero-order valence-electron chi connectivity index (χ0n) is 14.9. The molecule has 2 heterocycles. The molecular weight excluding hydrogens is 290 g/mol. The fourth-order valence-electron chi connectivity index (χ4n) is 2.39. The number of amides is 1. The number of hydrogen-bond donors (Lipinski definition) is 1. The van der Waals surface area contributed by atoms with Crippen molar-refractivity contribution in [3.8, 4) is 0 Å². The van der Waals surface area contributed by atoms with Crippen LogP contribution in [-0.2, 0) is 0 Å². The third-order valence-electron chi connectivity index (χ3n) is 3.76. The number of likely N-dealkylation sites (N-methyl/N-ethyl adjacent to an activating group) is 1. The molecule has 0 aliphatic carbocycles. The van der Waals surface area contributed by atoms with E-state index in [1.54, 1.807) is 6.20 Å². The molecule has 0 atom stereocenters. The maximum atomic E-state index is 12.6. The highest BCUT2D eigenvalue weighted by atomic mass is 16.1. The number of nitrogens with one attached hydrogen (secondary N) is 1. The van der Waals surface area contributed by atoms with Gasteiger partial charge in [-0.25, -0.2) is 9.67 Å². The summed E-state index contributed by atoms with van der Waals surface area (Å²) >= 11 is 0. The monoisotopic (exact) mass is 317 g/mol. The summed E-state index contributed by atoms with van der Waals surface area (Å²) in [5.74, 6) is 0.188. The van der Waals surface area contributed by atoms with Gasteiger partial charge in [0.2, 0.25) is 0 Å². The third-order valence-corrected chi connectivity index (χ3v) is 3.76. The first kappa shape index (κ1) is 17.4. The molecule has 0 spiro atoms. The molecule has 0 aliphatic heterocycles. The summed E-state index contributed by atoms with van der Waals surface area (Å²) in [7, 11) is 3.97. The Kier molecular flexibility index (Phi) is 5.36. The average molecular weight is 317 g/mol. The van der Waals surface area contributed by atoms with Crippen LogP contribution in [0.4, 0.5) is 0 Å². The van der Waals surface area contributed by atoms with Crippen LogP contribution < -0.4 is 5.32 Å². The first-order valence-corrected chi connectivity index (χ1v) is 8.12. The summed E-state index contributed by atoms with van der Waals surface area (Å²) in [6.45, 7) is 9.71. The van der Waals surface area contributed by atoms with Crippen LogP contribution in [0.25, 0.3) is 11.0 Å². The minimum absolute atomic E-state index is 0.0653. The Morgan fingerprint density at radius 2 is 2.00 bits per heavy atom. The van der Waals surface area contributed by atoms with E-state index in [1.165, 1.54) is 0 Å². The van der Waals surface area contributed by atoms with Gasteiger partial charge in [0.05, 0.1) is 17.1 Å². The van der Waals surface area contributed by atoms with E-state index in [9.17, 15) is 4.79 Å². The predicted octanol–water partition coefficient (Wildman–Crippen LogP) is 2.43. The third kappa shape index (κ3) is 3.88. The van der Waals surface area contributed by atoms with Gasteiger partial charge >= 0.3 is 0 Å². The van der Waals surface area contributed by atoms with Crippen molar-refractivity contribution in [2.24, 2.45) is 0 Å². The number of hydrogen-bond acceptors (Lipinski definition) is 4. The van der Waals surface area contributed by atoms with E-state index in [0.717, 1.165) is 23.3 Å². The highest BCUT2D eigenvalue weighted by Gasteiger charge is 2.18. The van der Waals surface area contributed by atoms with Gasteiger partial charge in [-0.15, -0.1) is 0 Å². The molecule has 126 valence electrons. The number of nitrogens with zero attached hydrogens (tertiary/aromatic N) is 4. The Hall–Kier alpha value is -1.95. The van der Waals surface area contributed by atoms with Gasteiger partial charge in [-0.1, -0.05) is 13.8 Å². The molecule has 0 bridgehead atoms. The summed E-state index contributed by atoms with van der Waals surface area (Å²) in [6, 6.07) is 2.09. The Balaban J connectivity index is 2.43. The molecule has 6 heteroatoms. The maximum absolute atomic E-state index is 12.6. The number of pyridine rings is 1. The molecule has 6 nitrogen and oxygen atoms in total. The van der Waals surface area contributed by atoms with Crippen LogP contribution in [0.3, 0.4) is 0 Å². The van der Waals surface area contributed by atoms with Crippen molar-refractivity contribution in [1.82, 2.24) is 25.0 Å². The van der Waals surface area contributed by atoms with Crippen molar-refractivity contribution >= 4 is 16.9 Å². The molecule has 1 N–H and O–H groups in total. The van der Waals surface area contributed by atoms with Crippen LogP contribution in [-0.4, -0.2) is 52.8 Å². The van der Waals surface area contributed by atoms with Crippen molar-refractivity contribution in [2.75, 3.05) is 27.2 Å². The van der Waals surface area contributed by atoms with E-state index in [1.807, 2.05) is 29.7 Å². The molecule has 0 aromatic carbocycles. The number of rotatable bonds is 6. The SMILES string of the molecule is CC(C)c1cc(C(=O)NCCN(C)C)c2cnn(C(C)C)c2n1. The van der Waals surface area contributed by atoms with E-state index < -0.39 is 0 Å². The molecule has 2 rings (SSSR count). The first-order valence-electron chi connectivity index (χ1n) is 8.12. The number of fused-ring (bicyclic) bond motifs is 1. The van der Waals surface area contributed by atoms with E-state index in [2.05, 4.69) is 38.1 Å². The van der Waals surface area contributed by atoms with Crippen LogP contribution in [0.5, 0.6) is 0 Å². The quantitative estimate of drug-likeness (QED) is 0.889. The predicted molar refractivity (Wildman–Crippen MR) is 92.9 cm³/mol. The smallest absolute Gasteiger partial charge is 0.252 e. The van der Waals surface area contributed by atoms with Gasteiger partial charge in [-0.3, -0.25) is 4.79 Å². The summed E-state index contributed by atoms with van der Waals surface area (Å²) in [6.07, 6.45) is 1.74. The standard InChI is InChI=1S/C17H27N5O/c1-11(2)15-9-13(17(23)18-7-8-21(5)6)14-10-19-22(12(3)4)16(14)20-15/h9-12H,7-8H2,1-6H3,(H,18,23). The lowest BCUT2D eigenvalue weighted by atomic mass is 10.0. The molecule has 0 saturated heterocycles. The van der Waals surface area contributed by atoms with Crippen molar-refractivity contribution in [2.45, 2.75) is 39.7 Å². The largest absolute Gasteiger partial charge is 0.351 e. The fraction of sp³-hybridized carbons (Fsp3) is 0.588. The Morgan fingerprint density at radius 1 is 1.30 bits per heavy atom. The molecular formula is C17H27N5O. The first-order chi connectivity index (χ1) is 10.8. The molecule has 0 saturated carbocycles. The number of carbonyl (C=O) groups excluding carboxylic acids is 1. The van der Waals surface area contributed by atoms with Gasteiger partial charge in [-0.2, -0.15) is 5.10 Å². The second-order valence-corrected chi connectivity index (χ2v) is 6.73. The van der Waals surface area contributed by atoms with Gasteiger partial charge in [0, 0.05) is 24.8 Å². The second kappa shape index (κ2) is 7.08. The zero-order valence-corrected chi connectivity index (χ0v) is 14.9. The van der Waals surface area contributed by atoms with Crippen LogP contribution in [0.15, 0.2) is 12.3 Å². The molecule has 0 unspecified atom stereocenters. The summed E-state index contributed by atoms with van der Waals surface area (Å²) in [5.41, 5.74) is 2.35. The maximum Gasteiger partial charge on any atom is 0.252 e. The molecule has 0 fully saturated rings. The lowest BCUT2D eigenvalue weighted by Gasteiger charge is -2.13. The molecule has 2 aromatic rings. The number of carbonyl (C=O) groups is 1. The summed E-state index contributed by atoms with van der Waals surface area (Å²) in [4.78, 5) is 19.4. The van der Waals surface area contributed by atoms with E-state index in [-0.39, 0.29) is 17.9 Å². The van der Waals surface area contributed by atoms with Gasteiger partial charge in [0.1, 0.15) is 0 Å². The lowest BCUT2D eigenvalue weighted by Crippen LogP contribution is -2.31. The highest BCUT2D eigenvalue weighted by molar-refractivity contribution is 6.05. The van der Waals surface area contributed by atoms with E-state index in [4.69, 9.17) is 4.98 Å². The van der Waals surface area contributed by atoms with Gasteiger partial charge in [-0.05, 0) is 39.9 Å². The molecule has 1 amide bonds. The molecule has 23 heavy (non-hydrogen) atoms. The molecule has 0 radical (unpaired) electrons. The van der Waals surface area contributed by atoms with Crippen LogP contribution >= 0.6 is 0 Å². The topological polar surface area (TPSA) is 63.1 Å². The highest BCUT2D eigenvalue weighted by Crippen LogP contribution is 2.24. The Bertz CT molecular complexity index is 688. The van der Waals surface area contributed by atoms with Crippen LogP contribution in [0.2, 0.25) is 0 Å². The Morgan fingerprint density at radius 3 is 2.57 bits per heavy atom. The van der Waals surface area contributed by atoms with Gasteiger partial charge in [0.15, 0.2) is 5.65 Å². The van der Waals surface area contributed by atoms with E-state index >= 15 is 0 Å². The Labute approximate surface area is 137 Å².